The average Bonchev–Trinajstić information content (AvgIpc) is 2.03. The Labute approximate surface area is 78.1 Å². The van der Waals surface area contributed by atoms with Gasteiger partial charge in [-0.1, -0.05) is 30.3 Å². The third-order valence-corrected chi connectivity index (χ3v) is 1.54. The van der Waals surface area contributed by atoms with Crippen molar-refractivity contribution < 1.29 is 17.9 Å². The highest BCUT2D eigenvalue weighted by molar-refractivity contribution is 7.80. The minimum Gasteiger partial charge on any atom is -0.394 e. The first-order chi connectivity index (χ1) is 5.99. The second-order valence-corrected chi connectivity index (χ2v) is 2.57. The van der Waals surface area contributed by atoms with Crippen molar-refractivity contribution >= 4 is 17.3 Å². The van der Waals surface area contributed by atoms with Crippen LogP contribution >= 0.6 is 12.2 Å². The van der Waals surface area contributed by atoms with Crippen LogP contribution in [-0.4, -0.2) is 11.4 Å². The number of benzene rings is 1. The number of ether oxygens (including phenoxy) is 1. The van der Waals surface area contributed by atoms with Gasteiger partial charge in [0.1, 0.15) is 0 Å². The summed E-state index contributed by atoms with van der Waals surface area (Å²) in [7, 11) is 0. The maximum absolute atomic E-state index is 11.7. The molecule has 0 N–H and O–H groups in total. The summed E-state index contributed by atoms with van der Waals surface area (Å²) in [6.45, 7) is 0. The smallest absolute Gasteiger partial charge is 0.394 e. The number of hydrogen-bond acceptors (Lipinski definition) is 2. The van der Waals surface area contributed by atoms with E-state index in [9.17, 15) is 13.2 Å². The molecule has 1 nitrogen and oxygen atoms in total. The largest absolute Gasteiger partial charge is 0.573 e. The Balaban J connectivity index is 2.71. The lowest BCUT2D eigenvalue weighted by atomic mass is 10.2. The molecule has 1 aromatic rings. The molecule has 0 saturated carbocycles. The first-order valence-electron chi connectivity index (χ1n) is 3.34. The summed E-state index contributed by atoms with van der Waals surface area (Å²) in [6.07, 6.45) is -4.72. The van der Waals surface area contributed by atoms with Gasteiger partial charge in [0.05, 0.1) is 0 Å². The molecule has 0 heterocycles. The van der Waals surface area contributed by atoms with Crippen molar-refractivity contribution in [3.8, 4) is 0 Å². The highest BCUT2D eigenvalue weighted by Crippen LogP contribution is 2.19. The average molecular weight is 206 g/mol. The van der Waals surface area contributed by atoms with Gasteiger partial charge in [0.15, 0.2) is 0 Å². The zero-order chi connectivity index (χ0) is 9.90. The minimum atomic E-state index is -4.72. The lowest BCUT2D eigenvalue weighted by Crippen LogP contribution is -2.18. The Hall–Kier alpha value is -1.10. The maximum atomic E-state index is 11.7. The summed E-state index contributed by atoms with van der Waals surface area (Å²) in [5.41, 5.74) is 0.245. The van der Waals surface area contributed by atoms with Crippen LogP contribution in [0.2, 0.25) is 0 Å². The summed E-state index contributed by atoms with van der Waals surface area (Å²) < 4.78 is 38.6. The van der Waals surface area contributed by atoms with Crippen LogP contribution in [0.15, 0.2) is 30.3 Å². The Morgan fingerprint density at radius 3 is 2.15 bits per heavy atom. The standard InChI is InChI=1S/C8H5F3OS/c9-8(10,11)12-7(13)6-4-2-1-3-5-6/h1-5H. The molecular formula is C8H5F3OS. The summed E-state index contributed by atoms with van der Waals surface area (Å²) in [5, 5.41) is -0.562. The molecule has 0 aliphatic heterocycles. The lowest BCUT2D eigenvalue weighted by Gasteiger charge is -2.08. The summed E-state index contributed by atoms with van der Waals surface area (Å²) in [5.74, 6) is 0. The van der Waals surface area contributed by atoms with E-state index in [1.54, 1.807) is 18.2 Å². The number of halogens is 3. The van der Waals surface area contributed by atoms with Gasteiger partial charge in [0.25, 0.3) is 0 Å². The quantitative estimate of drug-likeness (QED) is 0.653. The fraction of sp³-hybridized carbons (Fsp3) is 0.125. The molecule has 0 aromatic heterocycles. The van der Waals surface area contributed by atoms with Crippen LogP contribution in [0.25, 0.3) is 0 Å². The molecule has 0 radical (unpaired) electrons. The van der Waals surface area contributed by atoms with E-state index in [0.29, 0.717) is 0 Å². The molecule has 1 aromatic carbocycles. The van der Waals surface area contributed by atoms with Crippen LogP contribution in [0.3, 0.4) is 0 Å². The van der Waals surface area contributed by atoms with Gasteiger partial charge in [0, 0.05) is 5.56 Å². The molecule has 0 aliphatic carbocycles. The van der Waals surface area contributed by atoms with E-state index in [4.69, 9.17) is 0 Å². The normalized spacial score (nSPS) is 11.0. The Morgan fingerprint density at radius 2 is 1.69 bits per heavy atom. The van der Waals surface area contributed by atoms with E-state index in [1.165, 1.54) is 12.1 Å². The van der Waals surface area contributed by atoms with Crippen molar-refractivity contribution in [2.24, 2.45) is 0 Å². The monoisotopic (exact) mass is 206 g/mol. The second kappa shape index (κ2) is 3.74. The molecule has 0 spiro atoms. The fourth-order valence-corrected chi connectivity index (χ4v) is 0.969. The molecule has 1 rings (SSSR count). The van der Waals surface area contributed by atoms with Crippen LogP contribution in [0.4, 0.5) is 13.2 Å². The van der Waals surface area contributed by atoms with Gasteiger partial charge in [-0.05, 0) is 12.2 Å². The van der Waals surface area contributed by atoms with Gasteiger partial charge in [-0.3, -0.25) is 0 Å². The minimum absolute atomic E-state index is 0.245. The van der Waals surface area contributed by atoms with Gasteiger partial charge in [0.2, 0.25) is 5.05 Å². The van der Waals surface area contributed by atoms with Crippen LogP contribution in [0, 0.1) is 0 Å². The van der Waals surface area contributed by atoms with Crippen molar-refractivity contribution in [1.29, 1.82) is 0 Å². The van der Waals surface area contributed by atoms with Gasteiger partial charge in [-0.15, -0.1) is 13.2 Å². The fourth-order valence-electron chi connectivity index (χ4n) is 0.738. The topological polar surface area (TPSA) is 9.23 Å². The van der Waals surface area contributed by atoms with Crippen LogP contribution in [-0.2, 0) is 4.74 Å². The van der Waals surface area contributed by atoms with Gasteiger partial charge in [-0.25, -0.2) is 0 Å². The van der Waals surface area contributed by atoms with Crippen molar-refractivity contribution in [3.05, 3.63) is 35.9 Å². The Morgan fingerprint density at radius 1 is 1.15 bits per heavy atom. The van der Waals surface area contributed by atoms with E-state index in [0.717, 1.165) is 0 Å². The highest BCUT2D eigenvalue weighted by Gasteiger charge is 2.32. The molecule has 0 aliphatic rings. The number of rotatable bonds is 1. The molecule has 0 saturated heterocycles. The van der Waals surface area contributed by atoms with E-state index in [-0.39, 0.29) is 5.56 Å². The first-order valence-corrected chi connectivity index (χ1v) is 3.75. The second-order valence-electron chi connectivity index (χ2n) is 2.20. The molecular weight excluding hydrogens is 201 g/mol. The number of alkyl halides is 3. The maximum Gasteiger partial charge on any atom is 0.573 e. The lowest BCUT2D eigenvalue weighted by molar-refractivity contribution is -0.281. The highest BCUT2D eigenvalue weighted by atomic mass is 32.1. The number of thiocarbonyl (C=S) groups is 1. The molecule has 0 unspecified atom stereocenters. The Kier molecular flexibility index (Phi) is 2.87. The zero-order valence-corrected chi connectivity index (χ0v) is 7.15. The van der Waals surface area contributed by atoms with Crippen LogP contribution < -0.4 is 0 Å². The van der Waals surface area contributed by atoms with Gasteiger partial charge >= 0.3 is 6.36 Å². The molecule has 70 valence electrons. The van der Waals surface area contributed by atoms with Crippen molar-refractivity contribution in [3.63, 3.8) is 0 Å². The summed E-state index contributed by atoms with van der Waals surface area (Å²) in [4.78, 5) is 0. The third kappa shape index (κ3) is 3.42. The Bertz CT molecular complexity index is 294. The van der Waals surface area contributed by atoms with Crippen LogP contribution in [0.5, 0.6) is 0 Å². The third-order valence-electron chi connectivity index (χ3n) is 1.22. The predicted molar refractivity (Wildman–Crippen MR) is 45.3 cm³/mol. The molecule has 0 fully saturated rings. The molecule has 5 heteroatoms. The summed E-state index contributed by atoms with van der Waals surface area (Å²) in [6, 6.07) is 7.75. The SMILES string of the molecule is FC(F)(F)OC(=S)c1ccccc1. The molecule has 13 heavy (non-hydrogen) atoms. The zero-order valence-electron chi connectivity index (χ0n) is 6.34. The van der Waals surface area contributed by atoms with E-state index in [1.807, 2.05) is 0 Å². The van der Waals surface area contributed by atoms with Crippen molar-refractivity contribution in [2.75, 3.05) is 0 Å². The summed E-state index contributed by atoms with van der Waals surface area (Å²) >= 11 is 4.43. The predicted octanol–water partition coefficient (Wildman–Crippen LogP) is 2.90. The van der Waals surface area contributed by atoms with Crippen molar-refractivity contribution in [1.82, 2.24) is 0 Å². The van der Waals surface area contributed by atoms with Crippen LogP contribution in [0.1, 0.15) is 5.56 Å². The van der Waals surface area contributed by atoms with Gasteiger partial charge in [-0.2, -0.15) is 0 Å². The van der Waals surface area contributed by atoms with Crippen molar-refractivity contribution in [2.45, 2.75) is 6.36 Å². The van der Waals surface area contributed by atoms with Gasteiger partial charge < -0.3 is 4.74 Å². The van der Waals surface area contributed by atoms with E-state index < -0.39 is 11.4 Å². The first kappa shape index (κ1) is 9.98. The van der Waals surface area contributed by atoms with E-state index in [2.05, 4.69) is 17.0 Å². The molecule has 0 bridgehead atoms. The molecule has 0 amide bonds. The number of hydrogen-bond donors (Lipinski definition) is 0. The van der Waals surface area contributed by atoms with E-state index >= 15 is 0 Å². The molecule has 0 atom stereocenters.